The van der Waals surface area contributed by atoms with Gasteiger partial charge in [-0.1, -0.05) is 17.7 Å². The molecule has 2 rings (SSSR count). The van der Waals surface area contributed by atoms with Crippen LogP contribution in [0.4, 0.5) is 0 Å². The number of hydrogen-bond donors (Lipinski definition) is 0. The first kappa shape index (κ1) is 18.1. The maximum atomic E-state index is 12.1. The minimum atomic E-state index is -0.532. The number of carbonyl (C=O) groups excluding carboxylic acids is 3. The molecule has 4 nitrogen and oxygen atoms in total. The Morgan fingerprint density at radius 2 is 1.71 bits per heavy atom. The van der Waals surface area contributed by atoms with Crippen molar-refractivity contribution in [1.82, 2.24) is 0 Å². The molecule has 126 valence electrons. The van der Waals surface area contributed by atoms with Crippen molar-refractivity contribution >= 4 is 28.9 Å². The number of Topliss-reactive ketones (excluding diaryl/α,β-unsaturated/α-hetero) is 2. The lowest BCUT2D eigenvalue weighted by atomic mass is 10.0. The summed E-state index contributed by atoms with van der Waals surface area (Å²) in [6.07, 6.45) is 0.0757. The molecule has 1 heterocycles. The minimum Gasteiger partial charge on any atom is -0.457 e. The van der Waals surface area contributed by atoms with Gasteiger partial charge in [-0.25, -0.2) is 0 Å². The smallest absolute Gasteiger partial charge is 0.306 e. The molecule has 0 N–H and O–H groups in total. The number of rotatable bonds is 7. The Morgan fingerprint density at radius 3 is 2.38 bits per heavy atom. The molecule has 0 aliphatic rings. The molecule has 0 amide bonds. The third kappa shape index (κ3) is 4.86. The lowest BCUT2D eigenvalue weighted by Crippen LogP contribution is -2.16. The number of aryl methyl sites for hydroxylation is 3. The number of benzene rings is 1. The highest BCUT2D eigenvalue weighted by Crippen LogP contribution is 2.17. The van der Waals surface area contributed by atoms with E-state index in [-0.39, 0.29) is 31.0 Å². The van der Waals surface area contributed by atoms with Gasteiger partial charge in [-0.2, -0.15) is 0 Å². The van der Waals surface area contributed by atoms with Crippen LogP contribution in [-0.4, -0.2) is 24.1 Å². The molecule has 1 aromatic heterocycles. The summed E-state index contributed by atoms with van der Waals surface area (Å²) >= 11 is 1.41. The van der Waals surface area contributed by atoms with Gasteiger partial charge in [-0.3, -0.25) is 14.4 Å². The molecular formula is C19H20O4S. The highest BCUT2D eigenvalue weighted by Gasteiger charge is 2.15. The van der Waals surface area contributed by atoms with E-state index in [2.05, 4.69) is 0 Å². The van der Waals surface area contributed by atoms with Crippen LogP contribution in [0.15, 0.2) is 30.3 Å². The second-order valence-corrected chi connectivity index (χ2v) is 7.02. The highest BCUT2D eigenvalue weighted by atomic mass is 32.1. The fourth-order valence-corrected chi connectivity index (χ4v) is 3.09. The molecular weight excluding hydrogens is 324 g/mol. The quantitative estimate of drug-likeness (QED) is 0.561. The van der Waals surface area contributed by atoms with E-state index in [4.69, 9.17) is 4.74 Å². The van der Waals surface area contributed by atoms with E-state index in [0.717, 1.165) is 16.0 Å². The number of ether oxygens (including phenoxy) is 1. The lowest BCUT2D eigenvalue weighted by molar-refractivity contribution is -0.142. The summed E-state index contributed by atoms with van der Waals surface area (Å²) in [5.74, 6) is -0.842. The molecule has 0 atom stereocenters. The molecule has 0 spiro atoms. The molecule has 0 bridgehead atoms. The van der Waals surface area contributed by atoms with Crippen molar-refractivity contribution in [2.24, 2.45) is 0 Å². The fraction of sp³-hybridized carbons (Fsp3) is 0.316. The van der Waals surface area contributed by atoms with Gasteiger partial charge in [0.15, 0.2) is 12.4 Å². The number of thiophene rings is 1. The molecule has 24 heavy (non-hydrogen) atoms. The van der Waals surface area contributed by atoms with Crippen LogP contribution in [0.3, 0.4) is 0 Å². The second-order valence-electron chi connectivity index (χ2n) is 5.74. The van der Waals surface area contributed by atoms with Crippen LogP contribution in [0.2, 0.25) is 0 Å². The minimum absolute atomic E-state index is 0.0180. The zero-order chi connectivity index (χ0) is 17.7. The first-order valence-electron chi connectivity index (χ1n) is 7.72. The van der Waals surface area contributed by atoms with E-state index < -0.39 is 5.97 Å². The molecule has 0 saturated heterocycles. The van der Waals surface area contributed by atoms with E-state index in [1.807, 2.05) is 39.0 Å². The molecule has 0 fully saturated rings. The lowest BCUT2D eigenvalue weighted by Gasteiger charge is -2.07. The van der Waals surface area contributed by atoms with Gasteiger partial charge in [0.2, 0.25) is 5.78 Å². The summed E-state index contributed by atoms with van der Waals surface area (Å²) in [4.78, 5) is 37.5. The van der Waals surface area contributed by atoms with Crippen LogP contribution in [0.5, 0.6) is 0 Å². The third-order valence-electron chi connectivity index (χ3n) is 3.63. The molecule has 2 aromatic rings. The predicted octanol–water partition coefficient (Wildman–Crippen LogP) is 4.06. The fourth-order valence-electron chi connectivity index (χ4n) is 2.26. The summed E-state index contributed by atoms with van der Waals surface area (Å²) in [7, 11) is 0. The average Bonchev–Trinajstić information content (AvgIpc) is 2.99. The van der Waals surface area contributed by atoms with Gasteiger partial charge in [0.25, 0.3) is 0 Å². The van der Waals surface area contributed by atoms with Gasteiger partial charge in [-0.05, 0) is 44.5 Å². The zero-order valence-corrected chi connectivity index (χ0v) is 14.9. The van der Waals surface area contributed by atoms with Crippen molar-refractivity contribution in [2.45, 2.75) is 33.6 Å². The number of esters is 1. The van der Waals surface area contributed by atoms with Gasteiger partial charge < -0.3 is 4.74 Å². The van der Waals surface area contributed by atoms with Crippen LogP contribution in [0.25, 0.3) is 0 Å². The van der Waals surface area contributed by atoms with E-state index in [9.17, 15) is 14.4 Å². The first-order chi connectivity index (χ1) is 11.4. The topological polar surface area (TPSA) is 60.4 Å². The summed E-state index contributed by atoms with van der Waals surface area (Å²) in [6.45, 7) is 5.38. The number of ketones is 2. The largest absolute Gasteiger partial charge is 0.457 e. The van der Waals surface area contributed by atoms with Crippen molar-refractivity contribution in [3.8, 4) is 0 Å². The van der Waals surface area contributed by atoms with Crippen molar-refractivity contribution in [3.63, 3.8) is 0 Å². The standard InChI is InChI=1S/C19H20O4S/c1-12-4-5-13(2)15(10-12)17(21)11-23-19(22)9-7-16(20)18-8-6-14(3)24-18/h4-6,8,10H,7,9,11H2,1-3H3. The van der Waals surface area contributed by atoms with Crippen LogP contribution in [0.1, 0.15) is 48.9 Å². The maximum absolute atomic E-state index is 12.1. The third-order valence-corrected chi connectivity index (χ3v) is 4.67. The molecule has 0 aliphatic heterocycles. The SMILES string of the molecule is Cc1ccc(C)c(C(=O)COC(=O)CCC(=O)c2ccc(C)s2)c1. The predicted molar refractivity (Wildman–Crippen MR) is 93.8 cm³/mol. The van der Waals surface area contributed by atoms with Crippen molar-refractivity contribution < 1.29 is 19.1 Å². The van der Waals surface area contributed by atoms with E-state index in [1.54, 1.807) is 12.1 Å². The van der Waals surface area contributed by atoms with Gasteiger partial charge >= 0.3 is 5.97 Å². The summed E-state index contributed by atoms with van der Waals surface area (Å²) in [5.41, 5.74) is 2.39. The van der Waals surface area contributed by atoms with Crippen LogP contribution < -0.4 is 0 Å². The summed E-state index contributed by atoms with van der Waals surface area (Å²) in [6, 6.07) is 9.22. The molecule has 5 heteroatoms. The second kappa shape index (κ2) is 8.02. The van der Waals surface area contributed by atoms with E-state index in [1.165, 1.54) is 11.3 Å². The average molecular weight is 344 g/mol. The Labute approximate surface area is 145 Å². The Morgan fingerprint density at radius 1 is 0.958 bits per heavy atom. The van der Waals surface area contributed by atoms with Crippen molar-refractivity contribution in [2.75, 3.05) is 6.61 Å². The Balaban J connectivity index is 1.81. The molecule has 1 aromatic carbocycles. The van der Waals surface area contributed by atoms with Gasteiger partial charge in [0.1, 0.15) is 0 Å². The van der Waals surface area contributed by atoms with Crippen molar-refractivity contribution in [1.29, 1.82) is 0 Å². The molecule has 0 radical (unpaired) electrons. The Hall–Kier alpha value is -2.27. The Bertz CT molecular complexity index is 773. The monoisotopic (exact) mass is 344 g/mol. The number of hydrogen-bond acceptors (Lipinski definition) is 5. The van der Waals surface area contributed by atoms with Crippen LogP contribution >= 0.6 is 11.3 Å². The van der Waals surface area contributed by atoms with E-state index >= 15 is 0 Å². The Kier molecular flexibility index (Phi) is 6.04. The highest BCUT2D eigenvalue weighted by molar-refractivity contribution is 7.14. The normalized spacial score (nSPS) is 10.5. The molecule has 0 saturated carbocycles. The maximum Gasteiger partial charge on any atom is 0.306 e. The molecule has 0 aliphatic carbocycles. The summed E-state index contributed by atoms with van der Waals surface area (Å²) in [5, 5.41) is 0. The van der Waals surface area contributed by atoms with Gasteiger partial charge in [0, 0.05) is 16.9 Å². The van der Waals surface area contributed by atoms with E-state index in [0.29, 0.717) is 10.4 Å². The van der Waals surface area contributed by atoms with Gasteiger partial charge in [0.05, 0.1) is 11.3 Å². The summed E-state index contributed by atoms with van der Waals surface area (Å²) < 4.78 is 5.01. The van der Waals surface area contributed by atoms with Crippen molar-refractivity contribution in [3.05, 3.63) is 56.8 Å². The first-order valence-corrected chi connectivity index (χ1v) is 8.54. The van der Waals surface area contributed by atoms with Crippen LogP contribution in [-0.2, 0) is 9.53 Å². The van der Waals surface area contributed by atoms with Crippen LogP contribution in [0, 0.1) is 20.8 Å². The van der Waals surface area contributed by atoms with Gasteiger partial charge in [-0.15, -0.1) is 11.3 Å². The molecule has 0 unspecified atom stereocenters. The zero-order valence-electron chi connectivity index (χ0n) is 14.0. The number of carbonyl (C=O) groups is 3.